The van der Waals surface area contributed by atoms with Crippen LogP contribution in [0.2, 0.25) is 0 Å². The smallest absolute Gasteiger partial charge is 0.179 e. The van der Waals surface area contributed by atoms with Crippen LogP contribution >= 0.6 is 0 Å². The van der Waals surface area contributed by atoms with Crippen LogP contribution in [0.1, 0.15) is 6.92 Å². The van der Waals surface area contributed by atoms with E-state index in [0.29, 0.717) is 18.2 Å². The fraction of sp³-hybridized carbons (Fsp3) is 0.400. The van der Waals surface area contributed by atoms with Crippen molar-refractivity contribution in [2.75, 3.05) is 19.4 Å². The lowest BCUT2D eigenvalue weighted by Crippen LogP contribution is -2.30. The first kappa shape index (κ1) is 11.1. The molecule has 1 rings (SSSR count). The Hall–Kier alpha value is -1.96. The van der Waals surface area contributed by atoms with Crippen LogP contribution in [0.15, 0.2) is 18.3 Å². The van der Waals surface area contributed by atoms with E-state index in [-0.39, 0.29) is 6.04 Å². The zero-order valence-corrected chi connectivity index (χ0v) is 8.84. The number of nitrogens with two attached hydrogens (primary N) is 1. The summed E-state index contributed by atoms with van der Waals surface area (Å²) in [6, 6.07) is 3.42. The van der Waals surface area contributed by atoms with Gasteiger partial charge in [-0.2, -0.15) is 5.26 Å². The second-order valence-corrected chi connectivity index (χ2v) is 3.29. The fourth-order valence-electron chi connectivity index (χ4n) is 0.945. The first-order valence-electron chi connectivity index (χ1n) is 4.60. The SMILES string of the molecule is CC(COc1ccnc(N)c1)N(C)C#N. The van der Waals surface area contributed by atoms with E-state index < -0.39 is 0 Å². The van der Waals surface area contributed by atoms with E-state index in [0.717, 1.165) is 0 Å². The summed E-state index contributed by atoms with van der Waals surface area (Å²) in [5.41, 5.74) is 5.50. The van der Waals surface area contributed by atoms with Gasteiger partial charge in [0.05, 0.1) is 6.04 Å². The second-order valence-electron chi connectivity index (χ2n) is 3.29. The van der Waals surface area contributed by atoms with Gasteiger partial charge in [0, 0.05) is 19.3 Å². The Labute approximate surface area is 89.1 Å². The van der Waals surface area contributed by atoms with Crippen molar-refractivity contribution in [3.05, 3.63) is 18.3 Å². The Balaban J connectivity index is 2.47. The molecule has 0 aliphatic rings. The maximum Gasteiger partial charge on any atom is 0.179 e. The number of rotatable bonds is 4. The first-order valence-corrected chi connectivity index (χ1v) is 4.60. The quantitative estimate of drug-likeness (QED) is 0.583. The Kier molecular flexibility index (Phi) is 3.75. The van der Waals surface area contributed by atoms with Crippen LogP contribution in [0.3, 0.4) is 0 Å². The molecule has 0 bridgehead atoms. The number of likely N-dealkylation sites (N-methyl/N-ethyl adjacent to an activating group) is 1. The van der Waals surface area contributed by atoms with Crippen molar-refractivity contribution < 1.29 is 4.74 Å². The van der Waals surface area contributed by atoms with Gasteiger partial charge >= 0.3 is 0 Å². The molecular formula is C10H14N4O. The van der Waals surface area contributed by atoms with Gasteiger partial charge in [-0.05, 0) is 13.0 Å². The van der Waals surface area contributed by atoms with Crippen molar-refractivity contribution in [3.63, 3.8) is 0 Å². The van der Waals surface area contributed by atoms with Crippen molar-refractivity contribution in [2.45, 2.75) is 13.0 Å². The predicted molar refractivity (Wildman–Crippen MR) is 57.0 cm³/mol. The van der Waals surface area contributed by atoms with E-state index in [1.54, 1.807) is 25.4 Å². The number of hydrogen-bond acceptors (Lipinski definition) is 5. The van der Waals surface area contributed by atoms with Gasteiger partial charge in [-0.25, -0.2) is 4.98 Å². The largest absolute Gasteiger partial charge is 0.491 e. The molecule has 0 aliphatic carbocycles. The zero-order valence-electron chi connectivity index (χ0n) is 8.84. The van der Waals surface area contributed by atoms with Crippen LogP contribution in [0, 0.1) is 11.5 Å². The molecule has 0 amide bonds. The van der Waals surface area contributed by atoms with E-state index in [2.05, 4.69) is 4.98 Å². The van der Waals surface area contributed by atoms with Crippen LogP contribution in [-0.4, -0.2) is 29.6 Å². The van der Waals surface area contributed by atoms with Gasteiger partial charge in [-0.15, -0.1) is 0 Å². The van der Waals surface area contributed by atoms with Crippen molar-refractivity contribution in [3.8, 4) is 11.9 Å². The lowest BCUT2D eigenvalue weighted by atomic mass is 10.3. The summed E-state index contributed by atoms with van der Waals surface area (Å²) in [4.78, 5) is 5.39. The molecule has 0 saturated carbocycles. The molecule has 5 nitrogen and oxygen atoms in total. The van der Waals surface area contributed by atoms with Gasteiger partial charge in [-0.3, -0.25) is 0 Å². The average Bonchev–Trinajstić information content (AvgIpc) is 2.25. The molecule has 1 heterocycles. The van der Waals surface area contributed by atoms with Crippen molar-refractivity contribution in [1.82, 2.24) is 9.88 Å². The minimum atomic E-state index is 0.0318. The van der Waals surface area contributed by atoms with Gasteiger partial charge in [-0.1, -0.05) is 0 Å². The van der Waals surface area contributed by atoms with E-state index in [1.165, 1.54) is 4.90 Å². The summed E-state index contributed by atoms with van der Waals surface area (Å²) in [5.74, 6) is 1.09. The van der Waals surface area contributed by atoms with Crippen LogP contribution in [0.5, 0.6) is 5.75 Å². The molecular weight excluding hydrogens is 192 g/mol. The third kappa shape index (κ3) is 3.35. The van der Waals surface area contributed by atoms with Crippen molar-refractivity contribution in [1.29, 1.82) is 5.26 Å². The number of nitrogen functional groups attached to an aromatic ring is 1. The molecule has 0 aliphatic heterocycles. The summed E-state index contributed by atoms with van der Waals surface area (Å²) in [6.07, 6.45) is 3.62. The Bertz CT molecular complexity index is 361. The van der Waals surface area contributed by atoms with Gasteiger partial charge in [0.2, 0.25) is 0 Å². The fourth-order valence-corrected chi connectivity index (χ4v) is 0.945. The molecule has 80 valence electrons. The molecule has 0 aromatic carbocycles. The number of nitriles is 1. The normalized spacial score (nSPS) is 11.5. The van der Waals surface area contributed by atoms with E-state index in [4.69, 9.17) is 15.7 Å². The molecule has 1 aromatic rings. The number of nitrogens with zero attached hydrogens (tertiary/aromatic N) is 3. The van der Waals surface area contributed by atoms with E-state index >= 15 is 0 Å². The van der Waals surface area contributed by atoms with E-state index in [1.807, 2.05) is 13.1 Å². The molecule has 0 fully saturated rings. The molecule has 1 atom stereocenters. The molecule has 15 heavy (non-hydrogen) atoms. The number of aromatic nitrogens is 1. The number of ether oxygens (including phenoxy) is 1. The lowest BCUT2D eigenvalue weighted by molar-refractivity contribution is 0.219. The molecule has 1 aromatic heterocycles. The Morgan fingerprint density at radius 3 is 3.07 bits per heavy atom. The highest BCUT2D eigenvalue weighted by molar-refractivity contribution is 5.35. The van der Waals surface area contributed by atoms with Crippen LogP contribution in [0.4, 0.5) is 5.82 Å². The Morgan fingerprint density at radius 2 is 2.47 bits per heavy atom. The standard InChI is InChI=1S/C10H14N4O/c1-8(14(2)7-11)6-15-9-3-4-13-10(12)5-9/h3-5,8H,6H2,1-2H3,(H2,12,13). The summed E-state index contributed by atoms with van der Waals surface area (Å²) >= 11 is 0. The number of hydrogen-bond donors (Lipinski definition) is 1. The Morgan fingerprint density at radius 1 is 1.73 bits per heavy atom. The third-order valence-electron chi connectivity index (χ3n) is 2.06. The summed E-state index contributed by atoms with van der Waals surface area (Å²) < 4.78 is 5.46. The highest BCUT2D eigenvalue weighted by atomic mass is 16.5. The van der Waals surface area contributed by atoms with Gasteiger partial charge in [0.15, 0.2) is 6.19 Å². The number of pyridine rings is 1. The highest BCUT2D eigenvalue weighted by Crippen LogP contribution is 2.12. The third-order valence-corrected chi connectivity index (χ3v) is 2.06. The van der Waals surface area contributed by atoms with Crippen molar-refractivity contribution >= 4 is 5.82 Å². The summed E-state index contributed by atoms with van der Waals surface area (Å²) in [6.45, 7) is 2.35. The van der Waals surface area contributed by atoms with Crippen molar-refractivity contribution in [2.24, 2.45) is 0 Å². The van der Waals surface area contributed by atoms with E-state index in [9.17, 15) is 0 Å². The minimum absolute atomic E-state index is 0.0318. The monoisotopic (exact) mass is 206 g/mol. The maximum absolute atomic E-state index is 8.64. The summed E-state index contributed by atoms with van der Waals surface area (Å²) in [5, 5.41) is 8.64. The van der Waals surface area contributed by atoms with Gasteiger partial charge < -0.3 is 15.4 Å². The molecule has 0 saturated heterocycles. The highest BCUT2D eigenvalue weighted by Gasteiger charge is 2.07. The van der Waals surface area contributed by atoms with Crippen LogP contribution in [0.25, 0.3) is 0 Å². The molecule has 1 unspecified atom stereocenters. The molecule has 2 N–H and O–H groups in total. The second kappa shape index (κ2) is 5.05. The predicted octanol–water partition coefficient (Wildman–Crippen LogP) is 0.844. The lowest BCUT2D eigenvalue weighted by Gasteiger charge is -2.18. The van der Waals surface area contributed by atoms with Crippen LogP contribution < -0.4 is 10.5 Å². The van der Waals surface area contributed by atoms with Crippen LogP contribution in [-0.2, 0) is 0 Å². The number of anilines is 1. The topological polar surface area (TPSA) is 75.2 Å². The average molecular weight is 206 g/mol. The maximum atomic E-state index is 8.64. The van der Waals surface area contributed by atoms with Gasteiger partial charge in [0.25, 0.3) is 0 Å². The molecule has 5 heteroatoms. The molecule has 0 spiro atoms. The summed E-state index contributed by atoms with van der Waals surface area (Å²) in [7, 11) is 1.72. The molecule has 0 radical (unpaired) electrons. The minimum Gasteiger partial charge on any atom is -0.491 e. The zero-order chi connectivity index (χ0) is 11.3. The van der Waals surface area contributed by atoms with Gasteiger partial charge in [0.1, 0.15) is 18.2 Å². The first-order chi connectivity index (χ1) is 7.13.